The van der Waals surface area contributed by atoms with Gasteiger partial charge in [0.1, 0.15) is 0 Å². The summed E-state index contributed by atoms with van der Waals surface area (Å²) < 4.78 is 0.388. The van der Waals surface area contributed by atoms with Crippen LogP contribution in [0.15, 0.2) is 9.81 Å². The van der Waals surface area contributed by atoms with E-state index in [9.17, 15) is 19.8 Å². The fourth-order valence-corrected chi connectivity index (χ4v) is 7.30. The Balaban J connectivity index is 2.50. The van der Waals surface area contributed by atoms with Crippen molar-refractivity contribution in [3.05, 3.63) is 9.81 Å². The Hall–Kier alpha value is -0.700. The third-order valence-corrected chi connectivity index (χ3v) is 8.69. The molecule has 2 rings (SSSR count). The molecule has 130 valence electrons. The van der Waals surface area contributed by atoms with Crippen LogP contribution in [0.3, 0.4) is 0 Å². The highest BCUT2D eigenvalue weighted by molar-refractivity contribution is 8.26. The number of piperazine rings is 1. The lowest BCUT2D eigenvalue weighted by Gasteiger charge is -2.58. The number of fused-ring (bicyclic) bond motifs is 1. The zero-order chi connectivity index (χ0) is 17.6. The molecule has 0 aliphatic carbocycles. The molecule has 0 spiro atoms. The average Bonchev–Trinajstić information content (AvgIpc) is 2.81. The van der Waals surface area contributed by atoms with Crippen molar-refractivity contribution in [2.45, 2.75) is 49.4 Å². The lowest BCUT2D eigenvalue weighted by Crippen LogP contribution is -2.70. The number of likely N-dealkylation sites (N-methyl/N-ethyl adjacent to an activating group) is 2. The molecule has 8 heteroatoms. The average molecular weight is 361 g/mol. The monoisotopic (exact) mass is 360 g/mol. The Kier molecular flexibility index (Phi) is 5.11. The van der Waals surface area contributed by atoms with Crippen LogP contribution < -0.4 is 0 Å². The van der Waals surface area contributed by atoms with Gasteiger partial charge in [0, 0.05) is 12.1 Å². The highest BCUT2D eigenvalue weighted by Gasteiger charge is 2.58. The summed E-state index contributed by atoms with van der Waals surface area (Å²) in [6, 6.07) is 0. The standard InChI is InChI=1S/C15H24N2O4S2/c1-6-15(7-2)8-16(4)13-14(3,17(15)5)23-12(22-13)9(10(18)19)11(20)21/h13H,6-8H2,1-5H3,(H,18,19)(H,20,21). The first kappa shape index (κ1) is 18.6. The molecule has 0 aromatic rings. The number of carboxylic acids is 2. The van der Waals surface area contributed by atoms with E-state index in [4.69, 9.17) is 0 Å². The van der Waals surface area contributed by atoms with Gasteiger partial charge in [-0.05, 0) is 33.9 Å². The minimum atomic E-state index is -1.38. The van der Waals surface area contributed by atoms with Gasteiger partial charge in [-0.3, -0.25) is 9.80 Å². The Morgan fingerprint density at radius 3 is 2.17 bits per heavy atom. The summed E-state index contributed by atoms with van der Waals surface area (Å²) >= 11 is 2.73. The fraction of sp³-hybridized carbons (Fsp3) is 0.733. The largest absolute Gasteiger partial charge is 0.477 e. The first-order valence-corrected chi connectivity index (χ1v) is 9.33. The third kappa shape index (κ3) is 2.79. The number of carboxylic acid groups (broad SMARTS) is 2. The zero-order valence-electron chi connectivity index (χ0n) is 14.1. The highest BCUT2D eigenvalue weighted by Crippen LogP contribution is 2.60. The molecule has 23 heavy (non-hydrogen) atoms. The number of carbonyl (C=O) groups is 2. The molecule has 2 unspecified atom stereocenters. The van der Waals surface area contributed by atoms with E-state index in [1.165, 1.54) is 23.5 Å². The minimum Gasteiger partial charge on any atom is -0.477 e. The SMILES string of the molecule is CCC1(CC)CN(C)C2SC(=C(C(=O)O)C(=O)O)SC2(C)N1C. The van der Waals surface area contributed by atoms with Crippen molar-refractivity contribution in [2.24, 2.45) is 0 Å². The summed E-state index contributed by atoms with van der Waals surface area (Å²) in [7, 11) is 4.11. The summed E-state index contributed by atoms with van der Waals surface area (Å²) in [5.41, 5.74) is -0.508. The van der Waals surface area contributed by atoms with Crippen molar-refractivity contribution < 1.29 is 19.8 Å². The normalized spacial score (nSPS) is 31.0. The molecule has 6 nitrogen and oxygen atoms in total. The van der Waals surface area contributed by atoms with Crippen LogP contribution in [0.1, 0.15) is 33.6 Å². The van der Waals surface area contributed by atoms with Gasteiger partial charge in [-0.15, -0.1) is 0 Å². The highest BCUT2D eigenvalue weighted by atomic mass is 32.2. The maximum absolute atomic E-state index is 11.3. The molecular formula is C15H24N2O4S2. The molecule has 0 radical (unpaired) electrons. The summed E-state index contributed by atoms with van der Waals surface area (Å²) in [5, 5.41) is 18.5. The second kappa shape index (κ2) is 6.31. The summed E-state index contributed by atoms with van der Waals surface area (Å²) in [4.78, 5) is 26.9. The van der Waals surface area contributed by atoms with Gasteiger partial charge in [0.05, 0.1) is 14.5 Å². The van der Waals surface area contributed by atoms with E-state index in [1.807, 2.05) is 7.05 Å². The molecule has 2 atom stereocenters. The number of hydrogen-bond donors (Lipinski definition) is 2. The van der Waals surface area contributed by atoms with Crippen LogP contribution in [-0.4, -0.2) is 68.4 Å². The van der Waals surface area contributed by atoms with Gasteiger partial charge in [0.2, 0.25) is 0 Å². The van der Waals surface area contributed by atoms with Gasteiger partial charge < -0.3 is 10.2 Å². The van der Waals surface area contributed by atoms with Gasteiger partial charge in [0.15, 0.2) is 5.57 Å². The molecule has 2 aliphatic heterocycles. The molecule has 0 bridgehead atoms. The topological polar surface area (TPSA) is 81.1 Å². The molecule has 0 amide bonds. The first-order valence-electron chi connectivity index (χ1n) is 7.63. The van der Waals surface area contributed by atoms with Crippen LogP contribution in [0.25, 0.3) is 0 Å². The second-order valence-corrected chi connectivity index (χ2v) is 9.09. The van der Waals surface area contributed by atoms with E-state index < -0.39 is 17.5 Å². The smallest absolute Gasteiger partial charge is 0.344 e. The van der Waals surface area contributed by atoms with Crippen LogP contribution in [0.4, 0.5) is 0 Å². The summed E-state index contributed by atoms with van der Waals surface area (Å²) in [6.07, 6.45) is 1.98. The van der Waals surface area contributed by atoms with Gasteiger partial charge in [-0.1, -0.05) is 37.4 Å². The van der Waals surface area contributed by atoms with Gasteiger partial charge in [-0.2, -0.15) is 0 Å². The molecule has 2 heterocycles. The number of rotatable bonds is 4. The Morgan fingerprint density at radius 2 is 1.74 bits per heavy atom. The van der Waals surface area contributed by atoms with Crippen molar-refractivity contribution in [3.63, 3.8) is 0 Å². The molecule has 2 fully saturated rings. The van der Waals surface area contributed by atoms with E-state index >= 15 is 0 Å². The fourth-order valence-electron chi connectivity index (χ4n) is 3.65. The summed E-state index contributed by atoms with van der Waals surface area (Å²) in [6.45, 7) is 7.30. The van der Waals surface area contributed by atoms with Crippen molar-refractivity contribution in [1.82, 2.24) is 9.80 Å². The second-order valence-electron chi connectivity index (χ2n) is 6.31. The molecule has 2 saturated heterocycles. The van der Waals surface area contributed by atoms with Crippen molar-refractivity contribution >= 4 is 35.5 Å². The minimum absolute atomic E-state index is 0.00954. The molecule has 0 aromatic carbocycles. The molecule has 2 N–H and O–H groups in total. The molecule has 0 aromatic heterocycles. The van der Waals surface area contributed by atoms with Gasteiger partial charge >= 0.3 is 11.9 Å². The Bertz CT molecular complexity index is 546. The maximum Gasteiger partial charge on any atom is 0.344 e. The maximum atomic E-state index is 11.3. The number of nitrogens with zero attached hydrogens (tertiary/aromatic N) is 2. The zero-order valence-corrected chi connectivity index (χ0v) is 15.8. The van der Waals surface area contributed by atoms with E-state index in [0.717, 1.165) is 19.4 Å². The first-order chi connectivity index (χ1) is 10.6. The van der Waals surface area contributed by atoms with Gasteiger partial charge in [0.25, 0.3) is 0 Å². The van der Waals surface area contributed by atoms with E-state index in [0.29, 0.717) is 4.24 Å². The van der Waals surface area contributed by atoms with Crippen LogP contribution in [0.5, 0.6) is 0 Å². The number of hydrogen-bond acceptors (Lipinski definition) is 6. The molecular weight excluding hydrogens is 336 g/mol. The van der Waals surface area contributed by atoms with Gasteiger partial charge in [-0.25, -0.2) is 9.59 Å². The Morgan fingerprint density at radius 1 is 1.22 bits per heavy atom. The van der Waals surface area contributed by atoms with Crippen molar-refractivity contribution in [2.75, 3.05) is 20.6 Å². The lowest BCUT2D eigenvalue weighted by atomic mass is 9.86. The van der Waals surface area contributed by atoms with Crippen molar-refractivity contribution in [1.29, 1.82) is 0 Å². The third-order valence-electron chi connectivity index (χ3n) is 5.25. The van der Waals surface area contributed by atoms with Crippen LogP contribution in [0, 0.1) is 0 Å². The quantitative estimate of drug-likeness (QED) is 0.449. The number of aliphatic carboxylic acids is 2. The Labute approximate surface area is 145 Å². The van der Waals surface area contributed by atoms with Crippen LogP contribution in [0.2, 0.25) is 0 Å². The van der Waals surface area contributed by atoms with Crippen molar-refractivity contribution in [3.8, 4) is 0 Å². The summed E-state index contributed by atoms with van der Waals surface area (Å²) in [5.74, 6) is -2.76. The predicted octanol–water partition coefficient (Wildman–Crippen LogP) is 2.33. The lowest BCUT2D eigenvalue weighted by molar-refractivity contribution is -0.140. The number of thioether (sulfide) groups is 2. The molecule has 2 aliphatic rings. The van der Waals surface area contributed by atoms with Crippen LogP contribution in [-0.2, 0) is 9.59 Å². The van der Waals surface area contributed by atoms with E-state index in [-0.39, 0.29) is 15.8 Å². The van der Waals surface area contributed by atoms with E-state index in [2.05, 4.69) is 37.6 Å². The molecule has 0 saturated carbocycles. The van der Waals surface area contributed by atoms with E-state index in [1.54, 1.807) is 0 Å². The predicted molar refractivity (Wildman–Crippen MR) is 93.4 cm³/mol. The van der Waals surface area contributed by atoms with Crippen LogP contribution >= 0.6 is 23.5 Å².